The Balaban J connectivity index is 1.76. The number of hydrogen-bond acceptors (Lipinski definition) is 3. The lowest BCUT2D eigenvalue weighted by atomic mass is 9.84. The van der Waals surface area contributed by atoms with Gasteiger partial charge in [0, 0.05) is 38.2 Å². The van der Waals surface area contributed by atoms with Crippen molar-refractivity contribution in [3.05, 3.63) is 77.4 Å². The van der Waals surface area contributed by atoms with Gasteiger partial charge in [-0.2, -0.15) is 0 Å². The number of nitrogens with two attached hydrogens (primary N) is 1. The number of amides is 2. The van der Waals surface area contributed by atoms with Gasteiger partial charge in [0.25, 0.3) is 0 Å². The van der Waals surface area contributed by atoms with Crippen LogP contribution in [0.25, 0.3) is 5.57 Å². The summed E-state index contributed by atoms with van der Waals surface area (Å²) >= 11 is 0. The van der Waals surface area contributed by atoms with Crippen LogP contribution >= 0.6 is 0 Å². The van der Waals surface area contributed by atoms with Gasteiger partial charge in [-0.25, -0.2) is 18.0 Å². The van der Waals surface area contributed by atoms with Gasteiger partial charge in [-0.3, -0.25) is 0 Å². The monoisotopic (exact) mass is 500 g/mol. The Hall–Kier alpha value is -2.84. The quantitative estimate of drug-likeness (QED) is 0.621. The van der Waals surface area contributed by atoms with Crippen LogP contribution < -0.4 is 5.73 Å². The van der Waals surface area contributed by atoms with Crippen LogP contribution in [-0.4, -0.2) is 73.2 Å². The fourth-order valence-corrected chi connectivity index (χ4v) is 5.54. The fraction of sp³-hybridized carbons (Fsp3) is 0.464. The number of urea groups is 1. The molecule has 3 atom stereocenters. The third-order valence-corrected chi connectivity index (χ3v) is 7.50. The van der Waals surface area contributed by atoms with Crippen molar-refractivity contribution in [2.75, 3.05) is 40.3 Å². The zero-order valence-electron chi connectivity index (χ0n) is 21.0. The highest BCUT2D eigenvalue weighted by Crippen LogP contribution is 2.44. The molecular formula is C28H35F3N4O. The van der Waals surface area contributed by atoms with Crippen LogP contribution in [0.15, 0.2) is 54.6 Å². The van der Waals surface area contributed by atoms with Crippen molar-refractivity contribution < 1.29 is 18.0 Å². The second-order valence-electron chi connectivity index (χ2n) is 9.99. The molecule has 1 saturated heterocycles. The molecule has 2 aromatic rings. The summed E-state index contributed by atoms with van der Waals surface area (Å²) < 4.78 is 43.6. The Morgan fingerprint density at radius 3 is 2.67 bits per heavy atom. The maximum atomic E-state index is 14.8. The molecule has 0 bridgehead atoms. The standard InChI is InChI=1S/C28H35F3N4O/c1-33-14-11-24(15-23(30)19-33)34(2)27(36)35-18-20(25-16-22(29)9-10-26(25)31)17-28(35,12-6-13-32)21-7-4-3-5-8-21/h3-5,7-10,16-17,23-24H,6,11-15,18-19,32H2,1-2H3/t23?,24?,28-/m0/s1. The molecule has 1 fully saturated rings. The molecule has 2 heterocycles. The third-order valence-electron chi connectivity index (χ3n) is 7.50. The van der Waals surface area contributed by atoms with E-state index in [4.69, 9.17) is 5.73 Å². The molecule has 2 unspecified atom stereocenters. The lowest BCUT2D eigenvalue weighted by Crippen LogP contribution is -2.53. The molecule has 8 heteroatoms. The average molecular weight is 501 g/mol. The molecule has 2 N–H and O–H groups in total. The number of carbonyl (C=O) groups is 1. The second-order valence-corrected chi connectivity index (χ2v) is 9.99. The number of alkyl halides is 1. The van der Waals surface area contributed by atoms with E-state index in [2.05, 4.69) is 0 Å². The van der Waals surface area contributed by atoms with E-state index in [0.717, 1.165) is 17.7 Å². The molecular weight excluding hydrogens is 465 g/mol. The molecule has 194 valence electrons. The Kier molecular flexibility index (Phi) is 8.05. The first-order chi connectivity index (χ1) is 17.2. The highest BCUT2D eigenvalue weighted by atomic mass is 19.1. The van der Waals surface area contributed by atoms with E-state index < -0.39 is 23.3 Å². The predicted molar refractivity (Wildman–Crippen MR) is 136 cm³/mol. The zero-order chi connectivity index (χ0) is 25.9. The van der Waals surface area contributed by atoms with Gasteiger partial charge < -0.3 is 20.4 Å². The third kappa shape index (κ3) is 5.30. The SMILES string of the molecule is CN1CCC(N(C)C(=O)N2CC(c3cc(F)ccc3F)=C[C@@]2(CCCN)c2ccccc2)CC(F)C1. The molecule has 2 aromatic carbocycles. The topological polar surface area (TPSA) is 52.8 Å². The van der Waals surface area contributed by atoms with Gasteiger partial charge >= 0.3 is 6.03 Å². The number of carbonyl (C=O) groups excluding carboxylic acids is 1. The highest BCUT2D eigenvalue weighted by Gasteiger charge is 2.46. The smallest absolute Gasteiger partial charge is 0.321 e. The van der Waals surface area contributed by atoms with Crippen LogP contribution in [0.4, 0.5) is 18.0 Å². The summed E-state index contributed by atoms with van der Waals surface area (Å²) in [7, 11) is 3.60. The number of rotatable bonds is 6. The molecule has 2 amide bonds. The lowest BCUT2D eigenvalue weighted by molar-refractivity contribution is 0.104. The van der Waals surface area contributed by atoms with Gasteiger partial charge in [0.1, 0.15) is 17.8 Å². The maximum absolute atomic E-state index is 14.8. The second kappa shape index (κ2) is 11.0. The highest BCUT2D eigenvalue weighted by molar-refractivity contribution is 5.83. The molecule has 0 aromatic heterocycles. The number of halogens is 3. The first kappa shape index (κ1) is 26.2. The summed E-state index contributed by atoms with van der Waals surface area (Å²) in [5.74, 6) is -1.09. The van der Waals surface area contributed by atoms with Gasteiger partial charge in [0.15, 0.2) is 0 Å². The first-order valence-corrected chi connectivity index (χ1v) is 12.5. The Morgan fingerprint density at radius 2 is 1.94 bits per heavy atom. The maximum Gasteiger partial charge on any atom is 0.321 e. The van der Waals surface area contributed by atoms with E-state index in [1.807, 2.05) is 48.4 Å². The van der Waals surface area contributed by atoms with Gasteiger partial charge in [-0.05, 0) is 74.8 Å². The largest absolute Gasteiger partial charge is 0.330 e. The van der Waals surface area contributed by atoms with Crippen molar-refractivity contribution in [2.45, 2.75) is 43.4 Å². The summed E-state index contributed by atoms with van der Waals surface area (Å²) in [6.45, 7) is 1.56. The molecule has 36 heavy (non-hydrogen) atoms. The van der Waals surface area contributed by atoms with Gasteiger partial charge in [0.2, 0.25) is 0 Å². The summed E-state index contributed by atoms with van der Waals surface area (Å²) in [4.78, 5) is 19.4. The molecule has 0 aliphatic carbocycles. The first-order valence-electron chi connectivity index (χ1n) is 12.5. The minimum Gasteiger partial charge on any atom is -0.330 e. The van der Waals surface area contributed by atoms with E-state index in [1.165, 1.54) is 6.07 Å². The number of hydrogen-bond donors (Lipinski definition) is 1. The van der Waals surface area contributed by atoms with Crippen molar-refractivity contribution >= 4 is 11.6 Å². The molecule has 2 aliphatic rings. The fourth-order valence-electron chi connectivity index (χ4n) is 5.54. The van der Waals surface area contributed by atoms with Crippen LogP contribution in [-0.2, 0) is 5.54 Å². The molecule has 0 spiro atoms. The van der Waals surface area contributed by atoms with E-state index in [0.29, 0.717) is 44.5 Å². The van der Waals surface area contributed by atoms with E-state index >= 15 is 0 Å². The minimum absolute atomic E-state index is 0.106. The Bertz CT molecular complexity index is 1100. The van der Waals surface area contributed by atoms with Crippen LogP contribution in [0.1, 0.15) is 36.8 Å². The molecule has 4 rings (SSSR count). The molecule has 0 radical (unpaired) electrons. The van der Waals surface area contributed by atoms with E-state index in [1.54, 1.807) is 16.8 Å². The van der Waals surface area contributed by atoms with Crippen molar-refractivity contribution in [2.24, 2.45) is 5.73 Å². The Labute approximate surface area is 211 Å². The normalized spacial score (nSPS) is 24.9. The summed E-state index contributed by atoms with van der Waals surface area (Å²) in [6, 6.07) is 12.4. The van der Waals surface area contributed by atoms with Crippen LogP contribution in [0.3, 0.4) is 0 Å². The number of nitrogens with zero attached hydrogens (tertiary/aromatic N) is 3. The van der Waals surface area contributed by atoms with Crippen molar-refractivity contribution in [3.8, 4) is 0 Å². The summed E-state index contributed by atoms with van der Waals surface area (Å²) in [6.07, 6.45) is 2.93. The lowest BCUT2D eigenvalue weighted by Gasteiger charge is -2.42. The van der Waals surface area contributed by atoms with Crippen molar-refractivity contribution in [1.82, 2.24) is 14.7 Å². The van der Waals surface area contributed by atoms with Gasteiger partial charge in [-0.15, -0.1) is 0 Å². The molecule has 5 nitrogen and oxygen atoms in total. The van der Waals surface area contributed by atoms with E-state index in [-0.39, 0.29) is 30.6 Å². The van der Waals surface area contributed by atoms with Crippen LogP contribution in [0, 0.1) is 11.6 Å². The molecule has 0 saturated carbocycles. The van der Waals surface area contributed by atoms with Gasteiger partial charge in [-0.1, -0.05) is 30.3 Å². The number of likely N-dealkylation sites (tertiary alicyclic amines) is 1. The number of benzene rings is 2. The van der Waals surface area contributed by atoms with Crippen LogP contribution in [0.5, 0.6) is 0 Å². The van der Waals surface area contributed by atoms with E-state index in [9.17, 15) is 18.0 Å². The molecule has 2 aliphatic heterocycles. The minimum atomic E-state index is -1.03. The van der Waals surface area contributed by atoms with Gasteiger partial charge in [0.05, 0.1) is 5.54 Å². The van der Waals surface area contributed by atoms with Crippen LogP contribution in [0.2, 0.25) is 0 Å². The zero-order valence-corrected chi connectivity index (χ0v) is 21.0. The summed E-state index contributed by atoms with van der Waals surface area (Å²) in [5, 5.41) is 0. The Morgan fingerprint density at radius 1 is 1.19 bits per heavy atom. The van der Waals surface area contributed by atoms with Crippen molar-refractivity contribution in [3.63, 3.8) is 0 Å². The van der Waals surface area contributed by atoms with Crippen molar-refractivity contribution in [1.29, 1.82) is 0 Å². The summed E-state index contributed by atoms with van der Waals surface area (Å²) in [5.41, 5.74) is 6.55. The average Bonchev–Trinajstić information content (AvgIpc) is 3.17. The predicted octanol–water partition coefficient (Wildman–Crippen LogP) is 4.78.